The van der Waals surface area contributed by atoms with Gasteiger partial charge in [0.1, 0.15) is 11.4 Å². The molecule has 0 saturated carbocycles. The fourth-order valence-electron chi connectivity index (χ4n) is 4.25. The number of amides is 2. The maximum atomic E-state index is 12.1. The van der Waals surface area contributed by atoms with Crippen LogP contribution in [0.25, 0.3) is 17.3 Å². The van der Waals surface area contributed by atoms with Crippen LogP contribution >= 0.6 is 0 Å². The molecule has 172 valence electrons. The molecule has 1 N–H and O–H groups in total. The summed E-state index contributed by atoms with van der Waals surface area (Å²) in [6.07, 6.45) is 6.35. The highest BCUT2D eigenvalue weighted by Gasteiger charge is 2.36. The number of hydrogen-bond donors (Lipinski definition) is 1. The van der Waals surface area contributed by atoms with Gasteiger partial charge in [-0.1, -0.05) is 38.1 Å². The van der Waals surface area contributed by atoms with Crippen molar-refractivity contribution in [2.75, 3.05) is 7.11 Å². The normalized spacial score (nSPS) is 17.9. The van der Waals surface area contributed by atoms with E-state index < -0.39 is 17.4 Å². The summed E-state index contributed by atoms with van der Waals surface area (Å²) in [4.78, 5) is 28.4. The Labute approximate surface area is 193 Å². The number of benzene rings is 1. The lowest BCUT2D eigenvalue weighted by atomic mass is 9.75. The number of alkyl carbamates (subject to hydrolysis) is 1. The molecule has 0 aliphatic carbocycles. The number of methoxy groups -OCH3 is 1. The minimum Gasteiger partial charge on any atom is -0.483 e. The third-order valence-electron chi connectivity index (χ3n) is 6.25. The van der Waals surface area contributed by atoms with Gasteiger partial charge in [0.15, 0.2) is 5.76 Å². The van der Waals surface area contributed by atoms with E-state index in [-0.39, 0.29) is 11.4 Å². The predicted octanol–water partition coefficient (Wildman–Crippen LogP) is 5.15. The molecule has 0 spiro atoms. The molecule has 2 aromatic rings. The molecule has 0 radical (unpaired) electrons. The van der Waals surface area contributed by atoms with Crippen molar-refractivity contribution < 1.29 is 23.8 Å². The van der Waals surface area contributed by atoms with Gasteiger partial charge < -0.3 is 14.2 Å². The van der Waals surface area contributed by atoms with E-state index in [1.165, 1.54) is 0 Å². The number of pyridine rings is 1. The Morgan fingerprint density at radius 1 is 1.15 bits per heavy atom. The second kappa shape index (κ2) is 8.39. The van der Waals surface area contributed by atoms with E-state index in [0.717, 1.165) is 28.1 Å². The van der Waals surface area contributed by atoms with Gasteiger partial charge in [-0.2, -0.15) is 0 Å². The van der Waals surface area contributed by atoms with Crippen LogP contribution in [-0.4, -0.2) is 29.7 Å². The number of carbonyl (C=O) groups is 2. The van der Waals surface area contributed by atoms with Gasteiger partial charge in [0, 0.05) is 22.1 Å². The molecule has 1 fully saturated rings. The SMILES string of the molecule is CCC(C=C1OC(=O)NC1=O)(CC)c1ccc(-c2ccc3c(c2)OC(C)(C)C=C3)nc1OC. The molecule has 7 nitrogen and oxygen atoms in total. The van der Waals surface area contributed by atoms with Crippen molar-refractivity contribution in [2.24, 2.45) is 0 Å². The average molecular weight is 449 g/mol. The molecular weight excluding hydrogens is 420 g/mol. The fraction of sp³-hybridized carbons (Fsp3) is 0.346. The van der Waals surface area contributed by atoms with Gasteiger partial charge in [0.25, 0.3) is 5.91 Å². The average Bonchev–Trinajstić information content (AvgIpc) is 3.12. The number of hydrogen-bond acceptors (Lipinski definition) is 6. The van der Waals surface area contributed by atoms with Crippen LogP contribution in [0.2, 0.25) is 0 Å². The summed E-state index contributed by atoms with van der Waals surface area (Å²) < 4.78 is 16.9. The minimum absolute atomic E-state index is 0.00247. The summed E-state index contributed by atoms with van der Waals surface area (Å²) in [6.45, 7) is 8.05. The maximum absolute atomic E-state index is 12.1. The highest BCUT2D eigenvalue weighted by Crippen LogP contribution is 2.41. The quantitative estimate of drug-likeness (QED) is 0.615. The molecule has 3 heterocycles. The Morgan fingerprint density at radius 2 is 1.91 bits per heavy atom. The van der Waals surface area contributed by atoms with Crippen molar-refractivity contribution in [2.45, 2.75) is 51.6 Å². The second-order valence-corrected chi connectivity index (χ2v) is 8.76. The number of nitrogens with one attached hydrogen (secondary N) is 1. The van der Waals surface area contributed by atoms with Crippen molar-refractivity contribution >= 4 is 18.1 Å². The van der Waals surface area contributed by atoms with Crippen LogP contribution < -0.4 is 14.8 Å². The van der Waals surface area contributed by atoms with Crippen molar-refractivity contribution in [1.29, 1.82) is 0 Å². The number of aromatic nitrogens is 1. The van der Waals surface area contributed by atoms with Crippen LogP contribution in [0.15, 0.2) is 48.2 Å². The van der Waals surface area contributed by atoms with Gasteiger partial charge in [-0.25, -0.2) is 9.78 Å². The largest absolute Gasteiger partial charge is 0.483 e. The Bertz CT molecular complexity index is 1180. The van der Waals surface area contributed by atoms with Crippen LogP contribution in [0, 0.1) is 0 Å². The standard InChI is InChI=1S/C26H28N2O5/c1-6-26(7-2,15-21-22(29)28-24(30)32-21)18-10-11-19(27-23(18)31-5)17-9-8-16-12-13-25(3,4)33-20(16)14-17/h8-15H,6-7H2,1-5H3,(H,28,29,30). The number of fused-ring (bicyclic) bond motifs is 1. The number of rotatable bonds is 6. The number of allylic oxidation sites excluding steroid dienone is 1. The lowest BCUT2D eigenvalue weighted by Gasteiger charge is -2.30. The molecule has 0 atom stereocenters. The Morgan fingerprint density at radius 3 is 2.55 bits per heavy atom. The smallest absolute Gasteiger partial charge is 0.419 e. The third-order valence-corrected chi connectivity index (χ3v) is 6.25. The van der Waals surface area contributed by atoms with Crippen LogP contribution in [0.1, 0.15) is 51.7 Å². The first-order valence-corrected chi connectivity index (χ1v) is 11.0. The third kappa shape index (κ3) is 4.23. The molecule has 4 rings (SSSR count). The van der Waals surface area contributed by atoms with Crippen molar-refractivity contribution in [3.63, 3.8) is 0 Å². The van der Waals surface area contributed by atoms with Crippen molar-refractivity contribution in [3.05, 3.63) is 59.4 Å². The van der Waals surface area contributed by atoms with Gasteiger partial charge in [-0.15, -0.1) is 0 Å². The zero-order chi connectivity index (χ0) is 23.8. The van der Waals surface area contributed by atoms with E-state index in [0.29, 0.717) is 18.7 Å². The molecular formula is C26H28N2O5. The molecule has 2 amide bonds. The molecule has 7 heteroatoms. The zero-order valence-electron chi connectivity index (χ0n) is 19.5. The topological polar surface area (TPSA) is 86.8 Å². The number of imide groups is 1. The van der Waals surface area contributed by atoms with Crippen LogP contribution in [-0.2, 0) is 14.9 Å². The molecule has 33 heavy (non-hydrogen) atoms. The van der Waals surface area contributed by atoms with Crippen LogP contribution in [0.4, 0.5) is 4.79 Å². The maximum Gasteiger partial charge on any atom is 0.419 e. The Kier molecular flexibility index (Phi) is 5.74. The van der Waals surface area contributed by atoms with E-state index in [4.69, 9.17) is 19.2 Å². The summed E-state index contributed by atoms with van der Waals surface area (Å²) in [5.41, 5.74) is 2.53. The van der Waals surface area contributed by atoms with E-state index in [1.54, 1.807) is 13.2 Å². The first-order valence-electron chi connectivity index (χ1n) is 11.0. The van der Waals surface area contributed by atoms with Crippen LogP contribution in [0.3, 0.4) is 0 Å². The van der Waals surface area contributed by atoms with Gasteiger partial charge >= 0.3 is 6.09 Å². The monoisotopic (exact) mass is 448 g/mol. The molecule has 2 aliphatic heterocycles. The predicted molar refractivity (Wildman–Crippen MR) is 125 cm³/mol. The Balaban J connectivity index is 1.75. The molecule has 1 aromatic heterocycles. The first-order chi connectivity index (χ1) is 15.7. The molecule has 0 unspecified atom stereocenters. The highest BCUT2D eigenvalue weighted by molar-refractivity contribution is 6.07. The summed E-state index contributed by atoms with van der Waals surface area (Å²) in [7, 11) is 1.57. The minimum atomic E-state index is -0.763. The van der Waals surface area contributed by atoms with Crippen LogP contribution in [0.5, 0.6) is 11.6 Å². The summed E-state index contributed by atoms with van der Waals surface area (Å²) in [5, 5.41) is 2.15. The molecule has 1 aromatic carbocycles. The summed E-state index contributed by atoms with van der Waals surface area (Å²) in [6, 6.07) is 9.90. The Hall–Kier alpha value is -3.61. The van der Waals surface area contributed by atoms with Crippen molar-refractivity contribution in [1.82, 2.24) is 10.3 Å². The number of cyclic esters (lactones) is 1. The molecule has 2 aliphatic rings. The van der Waals surface area contributed by atoms with Gasteiger partial charge in [-0.3, -0.25) is 10.1 Å². The van der Waals surface area contributed by atoms with E-state index in [1.807, 2.05) is 64.1 Å². The first kappa shape index (κ1) is 22.6. The zero-order valence-corrected chi connectivity index (χ0v) is 19.5. The van der Waals surface area contributed by atoms with Crippen molar-refractivity contribution in [3.8, 4) is 22.9 Å². The molecule has 1 saturated heterocycles. The highest BCUT2D eigenvalue weighted by atomic mass is 16.6. The summed E-state index contributed by atoms with van der Waals surface area (Å²) >= 11 is 0. The number of carbonyl (C=O) groups excluding carboxylic acids is 2. The van der Waals surface area contributed by atoms with Gasteiger partial charge in [0.05, 0.1) is 12.8 Å². The van der Waals surface area contributed by atoms with E-state index >= 15 is 0 Å². The number of ether oxygens (including phenoxy) is 3. The number of nitrogens with zero attached hydrogens (tertiary/aromatic N) is 1. The summed E-state index contributed by atoms with van der Waals surface area (Å²) in [5.74, 6) is 0.718. The molecule has 0 bridgehead atoms. The lowest BCUT2D eigenvalue weighted by molar-refractivity contribution is -0.116. The van der Waals surface area contributed by atoms with Gasteiger partial charge in [-0.05, 0) is 51.0 Å². The van der Waals surface area contributed by atoms with E-state index in [2.05, 4.69) is 11.4 Å². The lowest BCUT2D eigenvalue weighted by Crippen LogP contribution is -2.27. The van der Waals surface area contributed by atoms with E-state index in [9.17, 15) is 9.59 Å². The van der Waals surface area contributed by atoms with Gasteiger partial charge in [0.2, 0.25) is 5.88 Å². The fourth-order valence-corrected chi connectivity index (χ4v) is 4.25. The second-order valence-electron chi connectivity index (χ2n) is 8.76.